The Bertz CT molecular complexity index is 485. The number of likely N-dealkylation sites (tertiary alicyclic amines) is 1. The van der Waals surface area contributed by atoms with E-state index in [0.717, 1.165) is 25.9 Å². The molecule has 1 saturated heterocycles. The number of halogens is 3. The monoisotopic (exact) mass is 346 g/mol. The van der Waals surface area contributed by atoms with Gasteiger partial charge < -0.3 is 5.32 Å². The van der Waals surface area contributed by atoms with Crippen LogP contribution >= 0.6 is 15.9 Å². The van der Waals surface area contributed by atoms with Crippen molar-refractivity contribution in [2.45, 2.75) is 38.3 Å². The number of nitrogens with zero attached hydrogens (tertiary/aromatic N) is 1. The summed E-state index contributed by atoms with van der Waals surface area (Å²) >= 11 is 3.14. The van der Waals surface area contributed by atoms with Gasteiger partial charge in [-0.1, -0.05) is 0 Å². The third-order valence-corrected chi connectivity index (χ3v) is 4.90. The molecule has 0 aromatic heterocycles. The summed E-state index contributed by atoms with van der Waals surface area (Å²) in [5.41, 5.74) is -0.243. The van der Waals surface area contributed by atoms with E-state index in [1.807, 2.05) is 13.8 Å². The molecule has 1 N–H and O–H groups in total. The fourth-order valence-electron chi connectivity index (χ4n) is 3.13. The summed E-state index contributed by atoms with van der Waals surface area (Å²) < 4.78 is 28.8. The zero-order valence-electron chi connectivity index (χ0n) is 12.1. The molecule has 1 aromatic rings. The Labute approximate surface area is 127 Å². The second kappa shape index (κ2) is 6.08. The van der Waals surface area contributed by atoms with E-state index in [1.165, 1.54) is 12.1 Å². The maximum absolute atomic E-state index is 14.4. The summed E-state index contributed by atoms with van der Waals surface area (Å²) in [4.78, 5) is 2.30. The molecule has 0 aliphatic carbocycles. The Morgan fingerprint density at radius 2 is 1.85 bits per heavy atom. The minimum absolute atomic E-state index is 0.110. The molecule has 1 fully saturated rings. The molecule has 0 amide bonds. The zero-order valence-corrected chi connectivity index (χ0v) is 13.7. The number of rotatable bonds is 4. The highest BCUT2D eigenvalue weighted by atomic mass is 79.9. The van der Waals surface area contributed by atoms with Gasteiger partial charge in [0.1, 0.15) is 11.6 Å². The summed E-state index contributed by atoms with van der Waals surface area (Å²) in [5.74, 6) is -1.02. The van der Waals surface area contributed by atoms with Crippen LogP contribution in [0, 0.1) is 11.6 Å². The number of benzene rings is 1. The number of nitrogens with one attached hydrogen (secondary N) is 1. The van der Waals surface area contributed by atoms with Gasteiger partial charge >= 0.3 is 0 Å². The summed E-state index contributed by atoms with van der Waals surface area (Å²) in [6, 6.07) is 2.31. The predicted molar refractivity (Wildman–Crippen MR) is 80.7 cm³/mol. The van der Waals surface area contributed by atoms with E-state index in [-0.39, 0.29) is 11.1 Å². The van der Waals surface area contributed by atoms with Gasteiger partial charge in [-0.2, -0.15) is 0 Å². The molecule has 1 aromatic carbocycles. The summed E-state index contributed by atoms with van der Waals surface area (Å²) in [5, 5.41) is 3.10. The van der Waals surface area contributed by atoms with Crippen molar-refractivity contribution in [2.24, 2.45) is 0 Å². The number of likely N-dealkylation sites (N-methyl/N-ethyl adjacent to an activating group) is 1. The molecule has 1 atom stereocenters. The van der Waals surface area contributed by atoms with Crippen LogP contribution < -0.4 is 5.32 Å². The lowest BCUT2D eigenvalue weighted by atomic mass is 9.86. The Kier molecular flexibility index (Phi) is 4.82. The third-order valence-electron chi connectivity index (χ3n) is 4.28. The molecule has 2 nitrogen and oxygen atoms in total. The first-order valence-corrected chi connectivity index (χ1v) is 7.74. The van der Waals surface area contributed by atoms with Crippen LogP contribution in [0.25, 0.3) is 0 Å². The Morgan fingerprint density at radius 1 is 1.25 bits per heavy atom. The smallest absolute Gasteiger partial charge is 0.145 e. The van der Waals surface area contributed by atoms with Gasteiger partial charge in [0.15, 0.2) is 0 Å². The van der Waals surface area contributed by atoms with E-state index >= 15 is 0 Å². The molecule has 0 radical (unpaired) electrons. The highest BCUT2D eigenvalue weighted by Gasteiger charge is 2.39. The fourth-order valence-corrected chi connectivity index (χ4v) is 3.48. The first kappa shape index (κ1) is 15.9. The highest BCUT2D eigenvalue weighted by Crippen LogP contribution is 2.37. The van der Waals surface area contributed by atoms with Crippen molar-refractivity contribution < 1.29 is 8.78 Å². The summed E-state index contributed by atoms with van der Waals surface area (Å²) in [6.45, 7) is 6.03. The van der Waals surface area contributed by atoms with Crippen molar-refractivity contribution >= 4 is 15.9 Å². The molecule has 1 aliphatic heterocycles. The SMILES string of the molecule is CNC(c1c(F)ccc(Br)c1F)C(C)(C)N1CCCC1. The highest BCUT2D eigenvalue weighted by molar-refractivity contribution is 9.10. The maximum Gasteiger partial charge on any atom is 0.145 e. The fraction of sp³-hybridized carbons (Fsp3) is 0.600. The van der Waals surface area contributed by atoms with Crippen molar-refractivity contribution in [1.82, 2.24) is 10.2 Å². The minimum atomic E-state index is -0.517. The zero-order chi connectivity index (χ0) is 14.9. The van der Waals surface area contributed by atoms with Crippen LogP contribution in [-0.4, -0.2) is 30.6 Å². The first-order valence-electron chi connectivity index (χ1n) is 6.95. The summed E-state index contributed by atoms with van der Waals surface area (Å²) in [6.07, 6.45) is 2.28. The molecular formula is C15H21BrF2N2. The number of hydrogen-bond acceptors (Lipinski definition) is 2. The van der Waals surface area contributed by atoms with E-state index in [1.54, 1.807) is 7.05 Å². The second-order valence-corrected chi connectivity index (χ2v) is 6.68. The van der Waals surface area contributed by atoms with Crippen LogP contribution in [0.2, 0.25) is 0 Å². The Balaban J connectivity index is 2.44. The van der Waals surface area contributed by atoms with Crippen molar-refractivity contribution in [3.63, 3.8) is 0 Å². The van der Waals surface area contributed by atoms with Crippen molar-refractivity contribution in [1.29, 1.82) is 0 Å². The minimum Gasteiger partial charge on any atom is -0.311 e. The molecule has 1 heterocycles. The van der Waals surface area contributed by atoms with Crippen molar-refractivity contribution in [3.05, 3.63) is 33.8 Å². The summed E-state index contributed by atoms with van der Waals surface area (Å²) in [7, 11) is 1.75. The second-order valence-electron chi connectivity index (χ2n) is 5.83. The molecule has 1 aliphatic rings. The molecule has 5 heteroatoms. The average Bonchev–Trinajstić information content (AvgIpc) is 2.93. The topological polar surface area (TPSA) is 15.3 Å². The Hall–Kier alpha value is -0.520. The molecule has 112 valence electrons. The lowest BCUT2D eigenvalue weighted by molar-refractivity contribution is 0.107. The van der Waals surface area contributed by atoms with Gasteiger partial charge in [-0.05, 0) is 74.9 Å². The van der Waals surface area contributed by atoms with Gasteiger partial charge in [0.25, 0.3) is 0 Å². The van der Waals surface area contributed by atoms with Gasteiger partial charge in [-0.15, -0.1) is 0 Å². The largest absolute Gasteiger partial charge is 0.311 e. The van der Waals surface area contributed by atoms with E-state index in [9.17, 15) is 8.78 Å². The lowest BCUT2D eigenvalue weighted by Gasteiger charge is -2.42. The average molecular weight is 347 g/mol. The third kappa shape index (κ3) is 2.76. The van der Waals surface area contributed by atoms with Crippen LogP contribution in [0.4, 0.5) is 8.78 Å². The maximum atomic E-state index is 14.4. The quantitative estimate of drug-likeness (QED) is 0.832. The van der Waals surface area contributed by atoms with Gasteiger partial charge in [0.05, 0.1) is 10.5 Å². The van der Waals surface area contributed by atoms with Crippen molar-refractivity contribution in [2.75, 3.05) is 20.1 Å². The van der Waals surface area contributed by atoms with Crippen LogP contribution in [0.3, 0.4) is 0 Å². The van der Waals surface area contributed by atoms with Crippen LogP contribution in [0.5, 0.6) is 0 Å². The molecule has 0 saturated carbocycles. The van der Waals surface area contributed by atoms with E-state index in [0.29, 0.717) is 4.47 Å². The molecule has 0 spiro atoms. The molecule has 20 heavy (non-hydrogen) atoms. The van der Waals surface area contributed by atoms with Crippen LogP contribution in [0.1, 0.15) is 38.3 Å². The number of hydrogen-bond donors (Lipinski definition) is 1. The van der Waals surface area contributed by atoms with Gasteiger partial charge in [-0.25, -0.2) is 8.78 Å². The molecule has 1 unspecified atom stereocenters. The van der Waals surface area contributed by atoms with E-state index < -0.39 is 17.7 Å². The first-order chi connectivity index (χ1) is 9.39. The van der Waals surface area contributed by atoms with E-state index in [4.69, 9.17) is 0 Å². The van der Waals surface area contributed by atoms with Gasteiger partial charge in [-0.3, -0.25) is 4.90 Å². The Morgan fingerprint density at radius 3 is 2.40 bits per heavy atom. The van der Waals surface area contributed by atoms with E-state index in [2.05, 4.69) is 26.1 Å². The standard InChI is InChI=1S/C15H21BrF2N2/c1-15(2,20-8-4-5-9-20)14(19-3)12-11(17)7-6-10(16)13(12)18/h6-7,14,19H,4-5,8-9H2,1-3H3. The lowest BCUT2D eigenvalue weighted by Crippen LogP contribution is -2.51. The molecular weight excluding hydrogens is 326 g/mol. The molecule has 0 bridgehead atoms. The normalized spacial score (nSPS) is 18.5. The molecule has 2 rings (SSSR count). The van der Waals surface area contributed by atoms with Crippen molar-refractivity contribution in [3.8, 4) is 0 Å². The van der Waals surface area contributed by atoms with Gasteiger partial charge in [0, 0.05) is 11.1 Å². The predicted octanol–water partition coefficient (Wildman–Crippen LogP) is 3.86. The van der Waals surface area contributed by atoms with Crippen LogP contribution in [0.15, 0.2) is 16.6 Å². The van der Waals surface area contributed by atoms with Gasteiger partial charge in [0.2, 0.25) is 0 Å². The van der Waals surface area contributed by atoms with Crippen LogP contribution in [-0.2, 0) is 0 Å².